The molecule has 1 atom stereocenters. The SMILES string of the molecule is COc1ccnc(NC(=O)c2ccc(CN3C(=O)c4sccc4CC(=O)C3Cc3ccccn3)c(F)c2)c1. The highest BCUT2D eigenvalue weighted by Gasteiger charge is 2.36. The van der Waals surface area contributed by atoms with Gasteiger partial charge >= 0.3 is 0 Å². The molecule has 1 unspecified atom stereocenters. The summed E-state index contributed by atoms with van der Waals surface area (Å²) >= 11 is 1.26. The molecule has 0 fully saturated rings. The Hall–Kier alpha value is -4.44. The van der Waals surface area contributed by atoms with E-state index in [9.17, 15) is 14.4 Å². The van der Waals surface area contributed by atoms with Crippen LogP contribution in [0.15, 0.2) is 72.4 Å². The number of rotatable bonds is 7. The highest BCUT2D eigenvalue weighted by Crippen LogP contribution is 2.28. The smallest absolute Gasteiger partial charge is 0.265 e. The maximum atomic E-state index is 15.3. The second kappa shape index (κ2) is 10.9. The van der Waals surface area contributed by atoms with Gasteiger partial charge in [-0.2, -0.15) is 0 Å². The molecule has 0 spiro atoms. The molecule has 3 aromatic heterocycles. The Labute approximate surface area is 222 Å². The summed E-state index contributed by atoms with van der Waals surface area (Å²) in [6.07, 6.45) is 3.45. The molecule has 1 aromatic carbocycles. The summed E-state index contributed by atoms with van der Waals surface area (Å²) in [4.78, 5) is 49.8. The molecule has 8 nitrogen and oxygen atoms in total. The van der Waals surface area contributed by atoms with Gasteiger partial charge in [0.15, 0.2) is 5.78 Å². The van der Waals surface area contributed by atoms with Crippen LogP contribution in [0.2, 0.25) is 0 Å². The number of thiophene rings is 1. The van der Waals surface area contributed by atoms with E-state index in [0.29, 0.717) is 21.9 Å². The van der Waals surface area contributed by atoms with E-state index in [-0.39, 0.29) is 48.0 Å². The van der Waals surface area contributed by atoms with Gasteiger partial charge in [-0.1, -0.05) is 12.1 Å². The average Bonchev–Trinajstić information content (AvgIpc) is 3.36. The quantitative estimate of drug-likeness (QED) is 0.382. The number of ether oxygens (including phenoxy) is 1. The summed E-state index contributed by atoms with van der Waals surface area (Å²) in [5.41, 5.74) is 1.61. The lowest BCUT2D eigenvalue weighted by atomic mass is 10.0. The summed E-state index contributed by atoms with van der Waals surface area (Å²) < 4.78 is 20.4. The third-order valence-electron chi connectivity index (χ3n) is 6.31. The van der Waals surface area contributed by atoms with Crippen LogP contribution in [0.1, 0.15) is 36.9 Å². The molecule has 0 aliphatic carbocycles. The molecule has 5 rings (SSSR count). The van der Waals surface area contributed by atoms with Gasteiger partial charge in [0.25, 0.3) is 11.8 Å². The second-order valence-corrected chi connectivity index (χ2v) is 9.65. The first-order valence-electron chi connectivity index (χ1n) is 11.8. The number of anilines is 1. The first-order chi connectivity index (χ1) is 18.4. The molecular formula is C28H23FN4O4S. The molecule has 1 aliphatic rings. The van der Waals surface area contributed by atoms with Crippen molar-refractivity contribution in [3.8, 4) is 5.75 Å². The number of fused-ring (bicyclic) bond motifs is 1. The summed E-state index contributed by atoms with van der Waals surface area (Å²) in [6.45, 7) is -0.134. The van der Waals surface area contributed by atoms with Crippen molar-refractivity contribution >= 4 is 34.8 Å². The molecule has 38 heavy (non-hydrogen) atoms. The number of pyridine rings is 2. The van der Waals surface area contributed by atoms with E-state index in [1.165, 1.54) is 41.7 Å². The van der Waals surface area contributed by atoms with Crippen LogP contribution in [-0.4, -0.2) is 45.6 Å². The molecule has 4 heterocycles. The summed E-state index contributed by atoms with van der Waals surface area (Å²) in [6, 6.07) is 13.6. The number of halogens is 1. The van der Waals surface area contributed by atoms with Crippen molar-refractivity contribution in [1.82, 2.24) is 14.9 Å². The number of nitrogens with zero attached hydrogens (tertiary/aromatic N) is 3. The molecule has 10 heteroatoms. The van der Waals surface area contributed by atoms with Crippen molar-refractivity contribution in [2.45, 2.75) is 25.4 Å². The second-order valence-electron chi connectivity index (χ2n) is 8.73. The third kappa shape index (κ3) is 5.30. The van der Waals surface area contributed by atoms with Crippen molar-refractivity contribution < 1.29 is 23.5 Å². The van der Waals surface area contributed by atoms with Crippen LogP contribution in [-0.2, 0) is 24.2 Å². The molecule has 192 valence electrons. The number of benzene rings is 1. The molecular weight excluding hydrogens is 507 g/mol. The van der Waals surface area contributed by atoms with Gasteiger partial charge in [-0.05, 0) is 47.3 Å². The number of hydrogen-bond donors (Lipinski definition) is 1. The number of carbonyl (C=O) groups is 3. The normalized spacial score (nSPS) is 15.1. The topological polar surface area (TPSA) is 101 Å². The zero-order valence-corrected chi connectivity index (χ0v) is 21.2. The Morgan fingerprint density at radius 1 is 1.13 bits per heavy atom. The zero-order chi connectivity index (χ0) is 26.6. The molecule has 2 amide bonds. The molecule has 0 bridgehead atoms. The third-order valence-corrected chi connectivity index (χ3v) is 7.25. The van der Waals surface area contributed by atoms with E-state index in [4.69, 9.17) is 4.74 Å². The van der Waals surface area contributed by atoms with Gasteiger partial charge in [0.05, 0.1) is 18.0 Å². The van der Waals surface area contributed by atoms with Crippen molar-refractivity contribution in [2.24, 2.45) is 0 Å². The predicted octanol–water partition coefficient (Wildman–Crippen LogP) is 4.32. The van der Waals surface area contributed by atoms with Crippen LogP contribution in [0.5, 0.6) is 5.75 Å². The predicted molar refractivity (Wildman–Crippen MR) is 140 cm³/mol. The summed E-state index contributed by atoms with van der Waals surface area (Å²) in [5.74, 6) is -0.896. The van der Waals surface area contributed by atoms with Gasteiger partial charge in [-0.25, -0.2) is 9.37 Å². The van der Waals surface area contributed by atoms with Crippen LogP contribution in [0.25, 0.3) is 0 Å². The Kier molecular flexibility index (Phi) is 7.23. The monoisotopic (exact) mass is 530 g/mol. The average molecular weight is 531 g/mol. The highest BCUT2D eigenvalue weighted by molar-refractivity contribution is 7.12. The zero-order valence-electron chi connectivity index (χ0n) is 20.4. The maximum absolute atomic E-state index is 15.3. The van der Waals surface area contributed by atoms with Crippen LogP contribution in [0.4, 0.5) is 10.2 Å². The first kappa shape index (κ1) is 25.2. The fourth-order valence-corrected chi connectivity index (χ4v) is 5.21. The lowest BCUT2D eigenvalue weighted by Crippen LogP contribution is -2.45. The van der Waals surface area contributed by atoms with Gasteiger partial charge in [-0.15, -0.1) is 11.3 Å². The van der Waals surface area contributed by atoms with Gasteiger partial charge in [-0.3, -0.25) is 19.4 Å². The lowest BCUT2D eigenvalue weighted by molar-refractivity contribution is -0.122. The minimum atomic E-state index is -0.807. The number of amides is 2. The van der Waals surface area contributed by atoms with E-state index < -0.39 is 17.8 Å². The number of methoxy groups -OCH3 is 1. The fraction of sp³-hybridized carbons (Fsp3) is 0.179. The molecule has 1 N–H and O–H groups in total. The molecule has 0 saturated heterocycles. The van der Waals surface area contributed by atoms with Crippen LogP contribution in [0, 0.1) is 5.82 Å². The van der Waals surface area contributed by atoms with Gasteiger partial charge in [0, 0.05) is 54.7 Å². The minimum Gasteiger partial charge on any atom is -0.497 e. The number of Topliss-reactive ketones (excluding diaryl/α,β-unsaturated/α-hetero) is 1. The van der Waals surface area contributed by atoms with E-state index in [1.807, 2.05) is 6.07 Å². The molecule has 0 saturated carbocycles. The number of aromatic nitrogens is 2. The summed E-state index contributed by atoms with van der Waals surface area (Å²) in [7, 11) is 1.50. The minimum absolute atomic E-state index is 0.0831. The Morgan fingerprint density at radius 3 is 2.76 bits per heavy atom. The number of nitrogens with one attached hydrogen (secondary N) is 1. The summed E-state index contributed by atoms with van der Waals surface area (Å²) in [5, 5.41) is 4.39. The van der Waals surface area contributed by atoms with Crippen LogP contribution >= 0.6 is 11.3 Å². The molecule has 0 radical (unpaired) electrons. The largest absolute Gasteiger partial charge is 0.497 e. The van der Waals surface area contributed by atoms with Crippen molar-refractivity contribution in [3.05, 3.63) is 105 Å². The molecule has 4 aromatic rings. The fourth-order valence-electron chi connectivity index (χ4n) is 4.33. The van der Waals surface area contributed by atoms with Crippen molar-refractivity contribution in [2.75, 3.05) is 12.4 Å². The van der Waals surface area contributed by atoms with Gasteiger partial charge < -0.3 is 15.0 Å². The van der Waals surface area contributed by atoms with E-state index >= 15 is 4.39 Å². The highest BCUT2D eigenvalue weighted by atomic mass is 32.1. The van der Waals surface area contributed by atoms with Crippen LogP contribution < -0.4 is 10.1 Å². The Morgan fingerprint density at radius 2 is 2.00 bits per heavy atom. The maximum Gasteiger partial charge on any atom is 0.265 e. The first-order valence-corrected chi connectivity index (χ1v) is 12.7. The lowest BCUT2D eigenvalue weighted by Gasteiger charge is -2.29. The standard InChI is InChI=1S/C28H23FN4O4S/c1-37-21-7-10-31-25(15-21)32-27(35)18-5-6-19(22(29)12-18)16-33-23(14-20-4-2-3-9-30-20)24(34)13-17-8-11-38-26(17)28(33)36/h2-12,15,23H,13-14,16H2,1H3,(H,31,32,35). The van der Waals surface area contributed by atoms with Crippen molar-refractivity contribution in [1.29, 1.82) is 0 Å². The number of carbonyl (C=O) groups excluding carboxylic acids is 3. The van der Waals surface area contributed by atoms with Crippen LogP contribution in [0.3, 0.4) is 0 Å². The van der Waals surface area contributed by atoms with E-state index in [0.717, 1.165) is 6.07 Å². The van der Waals surface area contributed by atoms with E-state index in [2.05, 4.69) is 15.3 Å². The number of ketones is 1. The Bertz CT molecular complexity index is 1510. The van der Waals surface area contributed by atoms with Crippen molar-refractivity contribution in [3.63, 3.8) is 0 Å². The van der Waals surface area contributed by atoms with Gasteiger partial charge in [0.2, 0.25) is 0 Å². The Balaban J connectivity index is 1.41. The van der Waals surface area contributed by atoms with Gasteiger partial charge in [0.1, 0.15) is 17.4 Å². The molecule has 1 aliphatic heterocycles. The number of hydrogen-bond acceptors (Lipinski definition) is 7. The van der Waals surface area contributed by atoms with E-state index in [1.54, 1.807) is 41.9 Å².